The second-order valence-electron chi connectivity index (χ2n) is 20.3. The summed E-state index contributed by atoms with van der Waals surface area (Å²) in [6.07, 6.45) is 19.5. The number of rotatable bonds is 24. The third kappa shape index (κ3) is 11.1. The highest BCUT2D eigenvalue weighted by molar-refractivity contribution is 5.69. The molecule has 5 rings (SSSR count). The van der Waals surface area contributed by atoms with Gasteiger partial charge in [-0.3, -0.25) is 4.79 Å². The summed E-state index contributed by atoms with van der Waals surface area (Å²) in [5.41, 5.74) is 8.97. The lowest BCUT2D eigenvalue weighted by molar-refractivity contribution is -0.415. The Morgan fingerprint density at radius 2 is 1.28 bits per heavy atom. The fourth-order valence-electron chi connectivity index (χ4n) is 12.9. The Labute approximate surface area is 357 Å². The van der Waals surface area contributed by atoms with Crippen LogP contribution in [0.15, 0.2) is 18.2 Å². The lowest BCUT2D eigenvalue weighted by Crippen LogP contribution is -2.57. The number of hydrogen-bond acceptors (Lipinski definition) is 5. The molecule has 11 heteroatoms. The Morgan fingerprint density at radius 3 is 1.88 bits per heavy atom. The van der Waals surface area contributed by atoms with Gasteiger partial charge in [0.15, 0.2) is 0 Å². The third-order valence-corrected chi connectivity index (χ3v) is 16.4. The number of alkyl halides is 6. The Kier molecular flexibility index (Phi) is 17.1. The van der Waals surface area contributed by atoms with Crippen LogP contribution in [0.25, 0.3) is 0 Å². The quantitative estimate of drug-likeness (QED) is 0.0468. The Balaban J connectivity index is 1.02. The molecule has 1 aromatic carbocycles. The van der Waals surface area contributed by atoms with E-state index in [0.717, 1.165) is 63.9 Å². The first-order chi connectivity index (χ1) is 28.4. The first-order valence-corrected chi connectivity index (χ1v) is 24.0. The van der Waals surface area contributed by atoms with Gasteiger partial charge in [-0.05, 0) is 135 Å². The van der Waals surface area contributed by atoms with Crippen LogP contribution >= 0.6 is 0 Å². The van der Waals surface area contributed by atoms with E-state index in [1.165, 1.54) is 77.0 Å². The number of halogens is 6. The van der Waals surface area contributed by atoms with Crippen LogP contribution in [0.1, 0.15) is 194 Å². The lowest BCUT2D eigenvalue weighted by atomic mass is 9.44. The molecule has 1 aromatic rings. The molecule has 4 aliphatic rings. The maximum absolute atomic E-state index is 15.2. The summed E-state index contributed by atoms with van der Waals surface area (Å²) < 4.78 is 101. The maximum atomic E-state index is 15.2. The molecule has 0 spiro atoms. The minimum Gasteiger partial charge on any atom is -0.466 e. The SMILES string of the molecule is CCCCCCCCCCCCCCCCOC(=O)CC[C@@H](C)[C@H]1CC[C@H]2[C@@H]3CCC4CC(OC(F)(F)C(F)(F)C(F)(F)c5cc(N)cc(N)c5)CC[C@]4(C)[C@H]3CC[C@]12C. The number of hydrogen-bond donors (Lipinski definition) is 2. The Hall–Kier alpha value is -2.17. The van der Waals surface area contributed by atoms with Crippen LogP contribution in [0.3, 0.4) is 0 Å². The zero-order valence-corrected chi connectivity index (χ0v) is 37.3. The van der Waals surface area contributed by atoms with Gasteiger partial charge in [0.05, 0.1) is 12.7 Å². The van der Waals surface area contributed by atoms with Crippen molar-refractivity contribution in [3.8, 4) is 0 Å². The molecule has 0 aromatic heterocycles. The predicted molar refractivity (Wildman–Crippen MR) is 229 cm³/mol. The van der Waals surface area contributed by atoms with Gasteiger partial charge < -0.3 is 20.9 Å². The number of esters is 1. The summed E-state index contributed by atoms with van der Waals surface area (Å²) in [5.74, 6) is -8.90. The van der Waals surface area contributed by atoms with Gasteiger partial charge in [-0.25, -0.2) is 0 Å². The topological polar surface area (TPSA) is 87.6 Å². The van der Waals surface area contributed by atoms with Gasteiger partial charge in [0.1, 0.15) is 0 Å². The van der Waals surface area contributed by atoms with Crippen molar-refractivity contribution in [3.63, 3.8) is 0 Å². The second-order valence-corrected chi connectivity index (χ2v) is 20.3. The van der Waals surface area contributed by atoms with Gasteiger partial charge in [0, 0.05) is 23.4 Å². The van der Waals surface area contributed by atoms with E-state index in [4.69, 9.17) is 20.9 Å². The van der Waals surface area contributed by atoms with E-state index in [1.54, 1.807) is 0 Å². The summed E-state index contributed by atoms with van der Waals surface area (Å²) >= 11 is 0. The van der Waals surface area contributed by atoms with Crippen LogP contribution in [0, 0.1) is 46.3 Å². The van der Waals surface area contributed by atoms with E-state index in [1.807, 2.05) is 0 Å². The molecule has 60 heavy (non-hydrogen) atoms. The standard InChI is InChI=1S/C49H78F6N2O3/c1-5-6-7-8-9-10-11-12-13-14-15-16-17-18-29-59-44(58)24-19-34(2)41-22-23-42-40-21-20-35-32-39(25-27-45(35,3)43(40)26-28-46(41,42)4)60-49(54,55)48(52,53)47(50,51)36-30-37(56)33-38(57)31-36/h30-31,33-35,39-43H,5-29,32,56-57H2,1-4H3/t34-,35?,39?,40+,41-,42+,43+,45+,46-/m1/s1. The molecule has 9 atom stereocenters. The molecular formula is C49H78F6N2O3. The third-order valence-electron chi connectivity index (χ3n) is 16.4. The summed E-state index contributed by atoms with van der Waals surface area (Å²) in [7, 11) is 0. The molecule has 4 fully saturated rings. The van der Waals surface area contributed by atoms with Gasteiger partial charge in [0.25, 0.3) is 0 Å². The number of carbonyl (C=O) groups is 1. The van der Waals surface area contributed by atoms with Gasteiger partial charge in [0.2, 0.25) is 0 Å². The van der Waals surface area contributed by atoms with Crippen LogP contribution in [0.4, 0.5) is 37.7 Å². The monoisotopic (exact) mass is 857 g/mol. The van der Waals surface area contributed by atoms with Crippen molar-refractivity contribution >= 4 is 17.3 Å². The predicted octanol–water partition coefficient (Wildman–Crippen LogP) is 14.7. The van der Waals surface area contributed by atoms with Crippen molar-refractivity contribution in [1.82, 2.24) is 0 Å². The molecule has 0 aliphatic heterocycles. The fraction of sp³-hybridized carbons (Fsp3) is 0.857. The van der Waals surface area contributed by atoms with Crippen molar-refractivity contribution in [3.05, 3.63) is 23.8 Å². The van der Waals surface area contributed by atoms with Crippen LogP contribution < -0.4 is 11.5 Å². The average Bonchev–Trinajstić information content (AvgIpc) is 3.55. The van der Waals surface area contributed by atoms with Gasteiger partial charge in [-0.1, -0.05) is 111 Å². The first kappa shape index (κ1) is 48.9. The smallest absolute Gasteiger partial charge is 0.426 e. The Morgan fingerprint density at radius 1 is 0.733 bits per heavy atom. The van der Waals surface area contributed by atoms with Crippen molar-refractivity contribution in [2.24, 2.45) is 46.3 Å². The fourth-order valence-corrected chi connectivity index (χ4v) is 12.9. The van der Waals surface area contributed by atoms with E-state index in [9.17, 15) is 4.79 Å². The summed E-state index contributed by atoms with van der Waals surface area (Å²) in [6.45, 7) is 9.75. The molecule has 4 aliphatic carbocycles. The maximum Gasteiger partial charge on any atom is 0.426 e. The molecule has 344 valence electrons. The van der Waals surface area contributed by atoms with Gasteiger partial charge in [-0.2, -0.15) is 26.3 Å². The average molecular weight is 857 g/mol. The number of nitrogen functional groups attached to an aromatic ring is 2. The van der Waals surface area contributed by atoms with Crippen LogP contribution in [0.5, 0.6) is 0 Å². The molecule has 2 unspecified atom stereocenters. The number of carbonyl (C=O) groups excluding carboxylic acids is 1. The van der Waals surface area contributed by atoms with E-state index in [2.05, 4.69) is 27.7 Å². The summed E-state index contributed by atoms with van der Waals surface area (Å²) in [4.78, 5) is 12.7. The number of anilines is 2. The minimum absolute atomic E-state index is 0.0211. The highest BCUT2D eigenvalue weighted by Crippen LogP contribution is 2.69. The van der Waals surface area contributed by atoms with Crippen LogP contribution in [-0.4, -0.2) is 30.7 Å². The highest BCUT2D eigenvalue weighted by Gasteiger charge is 2.74. The van der Waals surface area contributed by atoms with Crippen molar-refractivity contribution in [2.75, 3.05) is 18.1 Å². The molecular weight excluding hydrogens is 779 g/mol. The lowest BCUT2D eigenvalue weighted by Gasteiger charge is -2.61. The molecule has 0 heterocycles. The van der Waals surface area contributed by atoms with Crippen molar-refractivity contribution in [2.45, 2.75) is 212 Å². The molecule has 0 saturated heterocycles. The Bertz CT molecular complexity index is 1490. The largest absolute Gasteiger partial charge is 0.466 e. The minimum atomic E-state index is -5.84. The number of nitrogens with two attached hydrogens (primary N) is 2. The molecule has 4 saturated carbocycles. The zero-order chi connectivity index (χ0) is 43.8. The number of unbranched alkanes of at least 4 members (excludes halogenated alkanes) is 13. The second kappa shape index (κ2) is 21.0. The molecule has 5 nitrogen and oxygen atoms in total. The number of fused-ring (bicyclic) bond motifs is 5. The first-order valence-electron chi connectivity index (χ1n) is 24.0. The summed E-state index contributed by atoms with van der Waals surface area (Å²) in [5, 5.41) is 0. The molecule has 0 amide bonds. The van der Waals surface area contributed by atoms with E-state index < -0.39 is 29.6 Å². The number of benzene rings is 1. The van der Waals surface area contributed by atoms with E-state index in [0.29, 0.717) is 61.2 Å². The van der Waals surface area contributed by atoms with E-state index in [-0.39, 0.29) is 46.9 Å². The van der Waals surface area contributed by atoms with Gasteiger partial charge in [-0.15, -0.1) is 0 Å². The highest BCUT2D eigenvalue weighted by atomic mass is 19.3. The van der Waals surface area contributed by atoms with Crippen molar-refractivity contribution in [1.29, 1.82) is 0 Å². The van der Waals surface area contributed by atoms with Crippen molar-refractivity contribution < 1.29 is 40.6 Å². The normalized spacial score (nSPS) is 30.0. The number of ether oxygens (including phenoxy) is 2. The van der Waals surface area contributed by atoms with Crippen LogP contribution in [0.2, 0.25) is 0 Å². The zero-order valence-electron chi connectivity index (χ0n) is 37.3. The molecule has 0 bridgehead atoms. The van der Waals surface area contributed by atoms with Gasteiger partial charge >= 0.3 is 23.9 Å². The molecule has 0 radical (unpaired) electrons. The molecule has 4 N–H and O–H groups in total. The van der Waals surface area contributed by atoms with E-state index >= 15 is 26.3 Å². The van der Waals surface area contributed by atoms with Crippen LogP contribution in [-0.2, 0) is 20.2 Å². The summed E-state index contributed by atoms with van der Waals surface area (Å²) in [6, 6.07) is 2.15.